The number of para-hydroxylation sites is 2. The van der Waals surface area contributed by atoms with Gasteiger partial charge < -0.3 is 15.0 Å². The number of hydroxylamine groups is 1. The average Bonchev–Trinajstić information content (AvgIpc) is 3.27. The number of halogens is 1. The quantitative estimate of drug-likeness (QED) is 0.184. The molecule has 0 fully saturated rings. The van der Waals surface area contributed by atoms with Crippen molar-refractivity contribution in [1.82, 2.24) is 15.4 Å². The standard InChI is InChI=1S/C24H19ClN4O4/c25-19-10-9-16(13-18(19)24-27-20-6-1-2-7-21(20)28-24)26-23(31)14-33-17-5-3-4-15(12-17)8-11-22(30)29-32/h1-13,32H,14H2,(H,26,31)(H,27,28)(H,29,30)/b11-8+. The zero-order valence-electron chi connectivity index (χ0n) is 17.2. The Labute approximate surface area is 193 Å². The van der Waals surface area contributed by atoms with Crippen molar-refractivity contribution in [2.24, 2.45) is 0 Å². The molecule has 4 aromatic rings. The van der Waals surface area contributed by atoms with Gasteiger partial charge in [0.05, 0.1) is 16.1 Å². The molecule has 3 aromatic carbocycles. The van der Waals surface area contributed by atoms with E-state index >= 15 is 0 Å². The van der Waals surface area contributed by atoms with Crippen LogP contribution < -0.4 is 15.5 Å². The number of rotatable bonds is 7. The predicted octanol–water partition coefficient (Wildman–Crippen LogP) is 4.42. The minimum atomic E-state index is -0.648. The third-order valence-electron chi connectivity index (χ3n) is 4.66. The molecule has 9 heteroatoms. The van der Waals surface area contributed by atoms with Crippen LogP contribution in [0.3, 0.4) is 0 Å². The van der Waals surface area contributed by atoms with E-state index in [1.54, 1.807) is 42.5 Å². The minimum absolute atomic E-state index is 0.215. The number of fused-ring (bicyclic) bond motifs is 1. The molecule has 0 saturated carbocycles. The van der Waals surface area contributed by atoms with Crippen LogP contribution in [-0.4, -0.2) is 33.6 Å². The molecule has 0 aliphatic heterocycles. The second kappa shape index (κ2) is 9.99. The van der Waals surface area contributed by atoms with Gasteiger partial charge in [0, 0.05) is 17.3 Å². The van der Waals surface area contributed by atoms with E-state index in [2.05, 4.69) is 15.3 Å². The highest BCUT2D eigenvalue weighted by Gasteiger charge is 2.12. The minimum Gasteiger partial charge on any atom is -0.484 e. The molecule has 0 spiro atoms. The van der Waals surface area contributed by atoms with E-state index in [0.29, 0.717) is 33.4 Å². The van der Waals surface area contributed by atoms with Gasteiger partial charge in [-0.15, -0.1) is 0 Å². The predicted molar refractivity (Wildman–Crippen MR) is 126 cm³/mol. The Kier molecular flexibility index (Phi) is 6.68. The summed E-state index contributed by atoms with van der Waals surface area (Å²) in [5.74, 6) is 0.0586. The summed E-state index contributed by atoms with van der Waals surface area (Å²) in [5, 5.41) is 11.8. The lowest BCUT2D eigenvalue weighted by Gasteiger charge is -2.10. The summed E-state index contributed by atoms with van der Waals surface area (Å²) < 4.78 is 5.55. The maximum atomic E-state index is 12.4. The number of amides is 2. The van der Waals surface area contributed by atoms with E-state index in [1.807, 2.05) is 24.3 Å². The Morgan fingerprint density at radius 2 is 1.94 bits per heavy atom. The summed E-state index contributed by atoms with van der Waals surface area (Å²) in [6.07, 6.45) is 2.68. The first-order valence-corrected chi connectivity index (χ1v) is 10.3. The molecule has 33 heavy (non-hydrogen) atoms. The molecule has 4 rings (SSSR count). The third kappa shape index (κ3) is 5.57. The second-order valence-electron chi connectivity index (χ2n) is 7.02. The van der Waals surface area contributed by atoms with Crippen LogP contribution in [0.25, 0.3) is 28.5 Å². The molecule has 0 aliphatic rings. The maximum absolute atomic E-state index is 12.4. The van der Waals surface area contributed by atoms with Crippen LogP contribution in [0, 0.1) is 0 Å². The molecular formula is C24H19ClN4O4. The van der Waals surface area contributed by atoms with Crippen LogP contribution in [0.5, 0.6) is 5.75 Å². The average molecular weight is 463 g/mol. The van der Waals surface area contributed by atoms with Gasteiger partial charge in [0.25, 0.3) is 11.8 Å². The largest absolute Gasteiger partial charge is 0.484 e. The highest BCUT2D eigenvalue weighted by molar-refractivity contribution is 6.33. The lowest BCUT2D eigenvalue weighted by Crippen LogP contribution is -2.20. The van der Waals surface area contributed by atoms with Gasteiger partial charge in [-0.3, -0.25) is 14.8 Å². The van der Waals surface area contributed by atoms with Crippen molar-refractivity contribution in [2.75, 3.05) is 11.9 Å². The molecule has 0 radical (unpaired) electrons. The van der Waals surface area contributed by atoms with Gasteiger partial charge in [-0.2, -0.15) is 0 Å². The number of hydrogen-bond acceptors (Lipinski definition) is 5. The van der Waals surface area contributed by atoms with Gasteiger partial charge in [0.15, 0.2) is 6.61 Å². The van der Waals surface area contributed by atoms with Crippen molar-refractivity contribution in [3.8, 4) is 17.1 Å². The first kappa shape index (κ1) is 22.1. The number of H-pyrrole nitrogens is 1. The van der Waals surface area contributed by atoms with Crippen LogP contribution in [0.2, 0.25) is 5.02 Å². The molecule has 0 saturated heterocycles. The van der Waals surface area contributed by atoms with Crippen LogP contribution in [0.15, 0.2) is 72.8 Å². The number of nitrogens with zero attached hydrogens (tertiary/aromatic N) is 1. The number of nitrogens with one attached hydrogen (secondary N) is 3. The highest BCUT2D eigenvalue weighted by Crippen LogP contribution is 2.30. The van der Waals surface area contributed by atoms with Gasteiger partial charge >= 0.3 is 0 Å². The molecule has 166 valence electrons. The van der Waals surface area contributed by atoms with Crippen molar-refractivity contribution in [3.63, 3.8) is 0 Å². The van der Waals surface area contributed by atoms with Crippen molar-refractivity contribution >= 4 is 46.2 Å². The van der Waals surface area contributed by atoms with Crippen LogP contribution in [-0.2, 0) is 9.59 Å². The number of anilines is 1. The summed E-state index contributed by atoms with van der Waals surface area (Å²) in [4.78, 5) is 31.3. The summed E-state index contributed by atoms with van der Waals surface area (Å²) in [6.45, 7) is -0.215. The van der Waals surface area contributed by atoms with E-state index in [9.17, 15) is 9.59 Å². The number of hydrogen-bond donors (Lipinski definition) is 4. The molecule has 1 heterocycles. The van der Waals surface area contributed by atoms with Crippen molar-refractivity contribution in [1.29, 1.82) is 0 Å². The summed E-state index contributed by atoms with van der Waals surface area (Å²) in [6, 6.07) is 19.6. The number of carbonyl (C=O) groups is 2. The summed E-state index contributed by atoms with van der Waals surface area (Å²) in [5.41, 5.74) is 5.11. The zero-order valence-corrected chi connectivity index (χ0v) is 18.0. The number of imidazole rings is 1. The molecule has 0 aliphatic carbocycles. The van der Waals surface area contributed by atoms with Crippen LogP contribution in [0.4, 0.5) is 5.69 Å². The fourth-order valence-electron chi connectivity index (χ4n) is 3.13. The van der Waals surface area contributed by atoms with Gasteiger partial charge in [-0.05, 0) is 54.1 Å². The number of carbonyl (C=O) groups excluding carboxylic acids is 2. The second-order valence-corrected chi connectivity index (χ2v) is 7.42. The molecule has 2 amide bonds. The van der Waals surface area contributed by atoms with E-state index in [0.717, 1.165) is 11.0 Å². The Balaban J connectivity index is 1.41. The number of aromatic nitrogens is 2. The number of ether oxygens (including phenoxy) is 1. The van der Waals surface area contributed by atoms with E-state index in [1.165, 1.54) is 17.6 Å². The van der Waals surface area contributed by atoms with Crippen LogP contribution >= 0.6 is 11.6 Å². The normalized spacial score (nSPS) is 11.0. The molecule has 0 unspecified atom stereocenters. The SMILES string of the molecule is O=C(/C=C/c1cccc(OCC(=O)Nc2ccc(Cl)c(-c3nc4ccccc4[nH]3)c2)c1)NO. The molecule has 4 N–H and O–H groups in total. The maximum Gasteiger partial charge on any atom is 0.267 e. The van der Waals surface area contributed by atoms with Gasteiger partial charge in [0.1, 0.15) is 11.6 Å². The van der Waals surface area contributed by atoms with E-state index in [4.69, 9.17) is 21.5 Å². The van der Waals surface area contributed by atoms with Gasteiger partial charge in [-0.25, -0.2) is 10.5 Å². The third-order valence-corrected chi connectivity index (χ3v) is 4.99. The van der Waals surface area contributed by atoms with E-state index < -0.39 is 5.91 Å². The van der Waals surface area contributed by atoms with Gasteiger partial charge in [-0.1, -0.05) is 35.9 Å². The first-order chi connectivity index (χ1) is 16.0. The molecule has 0 atom stereocenters. The van der Waals surface area contributed by atoms with Crippen molar-refractivity contribution < 1.29 is 19.5 Å². The lowest BCUT2D eigenvalue weighted by atomic mass is 10.2. The fraction of sp³-hybridized carbons (Fsp3) is 0.0417. The van der Waals surface area contributed by atoms with E-state index in [-0.39, 0.29) is 12.5 Å². The lowest BCUT2D eigenvalue weighted by molar-refractivity contribution is -0.124. The Morgan fingerprint density at radius 1 is 1.09 bits per heavy atom. The van der Waals surface area contributed by atoms with Gasteiger partial charge in [0.2, 0.25) is 0 Å². The Bertz CT molecular complexity index is 1320. The zero-order chi connectivity index (χ0) is 23.2. The molecule has 1 aromatic heterocycles. The number of aromatic amines is 1. The topological polar surface area (TPSA) is 116 Å². The number of benzene rings is 3. The fourth-order valence-corrected chi connectivity index (χ4v) is 3.34. The summed E-state index contributed by atoms with van der Waals surface area (Å²) >= 11 is 6.36. The molecular weight excluding hydrogens is 444 g/mol. The Hall–Kier alpha value is -4.14. The monoisotopic (exact) mass is 462 g/mol. The molecule has 0 bridgehead atoms. The van der Waals surface area contributed by atoms with Crippen LogP contribution in [0.1, 0.15) is 5.56 Å². The highest BCUT2D eigenvalue weighted by atomic mass is 35.5. The van der Waals surface area contributed by atoms with Crippen molar-refractivity contribution in [2.45, 2.75) is 0 Å². The smallest absolute Gasteiger partial charge is 0.267 e. The van der Waals surface area contributed by atoms with Crippen molar-refractivity contribution in [3.05, 3.63) is 83.4 Å². The Morgan fingerprint density at radius 3 is 2.76 bits per heavy atom. The summed E-state index contributed by atoms with van der Waals surface area (Å²) in [7, 11) is 0. The first-order valence-electron chi connectivity index (χ1n) is 9.91. The molecule has 8 nitrogen and oxygen atoms in total.